The highest BCUT2D eigenvalue weighted by atomic mass is 32.2. The van der Waals surface area contributed by atoms with Crippen LogP contribution in [0.15, 0.2) is 17.3 Å². The van der Waals surface area contributed by atoms with Crippen molar-refractivity contribution in [2.24, 2.45) is 0 Å². The predicted molar refractivity (Wildman–Crippen MR) is 35.8 cm³/mol. The van der Waals surface area contributed by atoms with Gasteiger partial charge in [0, 0.05) is 6.20 Å². The molecular formula is C5H6N2O2S. The van der Waals surface area contributed by atoms with E-state index in [4.69, 9.17) is 4.55 Å². The minimum absolute atomic E-state index is 0.146. The van der Waals surface area contributed by atoms with Crippen molar-refractivity contribution < 1.29 is 8.76 Å². The maximum absolute atomic E-state index is 10.4. The molecule has 0 amide bonds. The zero-order valence-electron chi connectivity index (χ0n) is 5.31. The Balaban J connectivity index is 3.07. The molecule has 0 bridgehead atoms. The molecule has 0 aromatic carbocycles. The van der Waals surface area contributed by atoms with Crippen LogP contribution in [0.2, 0.25) is 0 Å². The molecule has 1 unspecified atom stereocenters. The van der Waals surface area contributed by atoms with Crippen molar-refractivity contribution in [2.45, 2.75) is 11.9 Å². The lowest BCUT2D eigenvalue weighted by Gasteiger charge is -1.92. The molecule has 0 aliphatic rings. The second-order valence-corrected chi connectivity index (χ2v) is 2.61. The lowest BCUT2D eigenvalue weighted by molar-refractivity contribution is 0.559. The average Bonchev–Trinajstić information content (AvgIpc) is 1.88. The van der Waals surface area contributed by atoms with E-state index in [1.807, 2.05) is 0 Å². The highest BCUT2D eigenvalue weighted by molar-refractivity contribution is 7.79. The third kappa shape index (κ3) is 1.58. The summed E-state index contributed by atoms with van der Waals surface area (Å²) in [5.74, 6) is 0.500. The Morgan fingerprint density at radius 1 is 1.70 bits per heavy atom. The van der Waals surface area contributed by atoms with E-state index >= 15 is 0 Å². The second kappa shape index (κ2) is 2.85. The lowest BCUT2D eigenvalue weighted by Crippen LogP contribution is -1.95. The van der Waals surface area contributed by atoms with Gasteiger partial charge in [-0.05, 0) is 13.0 Å². The summed E-state index contributed by atoms with van der Waals surface area (Å²) < 4.78 is 18.9. The normalized spacial score (nSPS) is 13.0. The van der Waals surface area contributed by atoms with E-state index in [0.29, 0.717) is 5.82 Å². The largest absolute Gasteiger partial charge is 0.301 e. The first-order valence-electron chi connectivity index (χ1n) is 2.60. The molecule has 0 saturated carbocycles. The third-order valence-electron chi connectivity index (χ3n) is 0.929. The van der Waals surface area contributed by atoms with Crippen LogP contribution < -0.4 is 0 Å². The molecule has 0 radical (unpaired) electrons. The predicted octanol–water partition coefficient (Wildman–Crippen LogP) is 0.366. The topological polar surface area (TPSA) is 63.1 Å². The van der Waals surface area contributed by atoms with Gasteiger partial charge in [0.25, 0.3) is 0 Å². The van der Waals surface area contributed by atoms with Crippen LogP contribution in [0, 0.1) is 6.92 Å². The molecule has 0 aliphatic carbocycles. The molecule has 0 saturated heterocycles. The number of nitrogens with zero attached hydrogens (tertiary/aromatic N) is 2. The summed E-state index contributed by atoms with van der Waals surface area (Å²) in [5.41, 5.74) is 0. The van der Waals surface area contributed by atoms with Gasteiger partial charge in [-0.25, -0.2) is 14.2 Å². The van der Waals surface area contributed by atoms with E-state index in [2.05, 4.69) is 9.97 Å². The smallest absolute Gasteiger partial charge is 0.205 e. The van der Waals surface area contributed by atoms with E-state index in [1.54, 1.807) is 6.92 Å². The molecule has 54 valence electrons. The Hall–Kier alpha value is -0.810. The van der Waals surface area contributed by atoms with Crippen molar-refractivity contribution in [3.63, 3.8) is 0 Å². The number of hydrogen-bond acceptors (Lipinski definition) is 3. The lowest BCUT2D eigenvalue weighted by atomic mass is 10.6. The first kappa shape index (κ1) is 7.30. The highest BCUT2D eigenvalue weighted by Gasteiger charge is 1.99. The van der Waals surface area contributed by atoms with Gasteiger partial charge in [0.1, 0.15) is 5.82 Å². The summed E-state index contributed by atoms with van der Waals surface area (Å²) in [5, 5.41) is 0.146. The molecule has 10 heavy (non-hydrogen) atoms. The quantitative estimate of drug-likeness (QED) is 0.473. The Kier molecular flexibility index (Phi) is 2.08. The van der Waals surface area contributed by atoms with Gasteiger partial charge in [0.2, 0.25) is 11.1 Å². The van der Waals surface area contributed by atoms with Gasteiger partial charge in [0.05, 0.1) is 0 Å². The second-order valence-electron chi connectivity index (χ2n) is 1.69. The Morgan fingerprint density at radius 2 is 2.40 bits per heavy atom. The van der Waals surface area contributed by atoms with Gasteiger partial charge in [-0.2, -0.15) is 0 Å². The van der Waals surface area contributed by atoms with E-state index in [1.165, 1.54) is 12.3 Å². The van der Waals surface area contributed by atoms with Crippen molar-refractivity contribution in [1.82, 2.24) is 9.97 Å². The highest BCUT2D eigenvalue weighted by Crippen LogP contribution is 1.97. The Bertz CT molecular complexity index is 264. The fourth-order valence-corrected chi connectivity index (χ4v) is 0.919. The van der Waals surface area contributed by atoms with Gasteiger partial charge >= 0.3 is 0 Å². The van der Waals surface area contributed by atoms with Crippen LogP contribution in [0.25, 0.3) is 0 Å². The fourth-order valence-electron chi connectivity index (χ4n) is 0.532. The van der Waals surface area contributed by atoms with Crippen LogP contribution >= 0.6 is 0 Å². The number of aromatic nitrogens is 2. The van der Waals surface area contributed by atoms with Crippen molar-refractivity contribution in [3.8, 4) is 0 Å². The molecule has 1 aromatic heterocycles. The number of rotatable bonds is 1. The molecule has 1 rings (SSSR count). The zero-order valence-corrected chi connectivity index (χ0v) is 6.13. The molecular weight excluding hydrogens is 152 g/mol. The molecule has 1 heterocycles. The van der Waals surface area contributed by atoms with E-state index in [-0.39, 0.29) is 5.03 Å². The van der Waals surface area contributed by atoms with Crippen LogP contribution in [-0.2, 0) is 11.1 Å². The summed E-state index contributed by atoms with van der Waals surface area (Å²) in [6, 6.07) is 1.41. The molecule has 0 fully saturated rings. The average molecular weight is 158 g/mol. The van der Waals surface area contributed by atoms with Crippen molar-refractivity contribution >= 4 is 11.1 Å². The standard InChI is InChI=1S/C5H6N2O2S/c1-4-6-3-2-5(7-4)10(8)9/h2-3H,1H3,(H,8,9). The van der Waals surface area contributed by atoms with Crippen LogP contribution in [0.3, 0.4) is 0 Å². The molecule has 0 spiro atoms. The van der Waals surface area contributed by atoms with E-state index < -0.39 is 11.1 Å². The van der Waals surface area contributed by atoms with Gasteiger partial charge in [-0.3, -0.25) is 0 Å². The zero-order chi connectivity index (χ0) is 7.56. The van der Waals surface area contributed by atoms with Crippen LogP contribution in [0.1, 0.15) is 5.82 Å². The third-order valence-corrected chi connectivity index (χ3v) is 1.51. The van der Waals surface area contributed by atoms with Gasteiger partial charge in [-0.15, -0.1) is 0 Å². The summed E-state index contributed by atoms with van der Waals surface area (Å²) in [4.78, 5) is 7.48. The van der Waals surface area contributed by atoms with Crippen molar-refractivity contribution in [1.29, 1.82) is 0 Å². The van der Waals surface area contributed by atoms with Crippen molar-refractivity contribution in [2.75, 3.05) is 0 Å². The molecule has 4 nitrogen and oxygen atoms in total. The first-order chi connectivity index (χ1) is 4.70. The summed E-state index contributed by atoms with van der Waals surface area (Å²) >= 11 is -1.99. The number of aryl methyl sites for hydroxylation is 1. The maximum atomic E-state index is 10.4. The number of hydrogen-bond donors (Lipinski definition) is 1. The molecule has 5 heteroatoms. The Morgan fingerprint density at radius 3 is 2.80 bits per heavy atom. The minimum atomic E-state index is -1.99. The summed E-state index contributed by atoms with van der Waals surface area (Å²) in [6.07, 6.45) is 1.45. The van der Waals surface area contributed by atoms with Gasteiger partial charge in [0.15, 0.2) is 5.03 Å². The van der Waals surface area contributed by atoms with E-state index in [9.17, 15) is 4.21 Å². The van der Waals surface area contributed by atoms with Crippen LogP contribution in [0.4, 0.5) is 0 Å². The first-order valence-corrected chi connectivity index (χ1v) is 3.71. The SMILES string of the molecule is Cc1nccc(S(=O)O)n1. The maximum Gasteiger partial charge on any atom is 0.205 e. The summed E-state index contributed by atoms with van der Waals surface area (Å²) in [7, 11) is 0. The fraction of sp³-hybridized carbons (Fsp3) is 0.200. The van der Waals surface area contributed by atoms with Crippen LogP contribution in [-0.4, -0.2) is 18.7 Å². The summed E-state index contributed by atoms with van der Waals surface area (Å²) in [6.45, 7) is 1.66. The molecule has 1 aromatic rings. The van der Waals surface area contributed by atoms with Gasteiger partial charge in [-0.1, -0.05) is 0 Å². The monoisotopic (exact) mass is 158 g/mol. The minimum Gasteiger partial charge on any atom is -0.301 e. The van der Waals surface area contributed by atoms with Crippen molar-refractivity contribution in [3.05, 3.63) is 18.1 Å². The molecule has 0 aliphatic heterocycles. The van der Waals surface area contributed by atoms with Gasteiger partial charge < -0.3 is 4.55 Å². The van der Waals surface area contributed by atoms with Crippen LogP contribution in [0.5, 0.6) is 0 Å². The molecule has 1 atom stereocenters. The molecule has 1 N–H and O–H groups in total. The van der Waals surface area contributed by atoms with E-state index in [0.717, 1.165) is 0 Å². The Labute approximate surface area is 60.6 Å².